The maximum Gasteiger partial charge on any atom is 0.241 e. The van der Waals surface area contributed by atoms with Crippen molar-refractivity contribution < 1.29 is 8.42 Å². The summed E-state index contributed by atoms with van der Waals surface area (Å²) in [6.45, 7) is 2.34. The molecule has 0 radical (unpaired) electrons. The molecule has 23 heavy (non-hydrogen) atoms. The molecule has 0 saturated heterocycles. The summed E-state index contributed by atoms with van der Waals surface area (Å²) >= 11 is 3.29. The molecule has 4 nitrogen and oxygen atoms in total. The van der Waals surface area contributed by atoms with Crippen LogP contribution in [0.2, 0.25) is 0 Å². The SMILES string of the molecule is Cc1ccc(C(CNS(=O)(=O)c2ccccc2Br)N(C)C)cc1. The van der Waals surface area contributed by atoms with Crippen LogP contribution in [0.1, 0.15) is 17.2 Å². The first kappa shape index (κ1) is 18.1. The average molecular weight is 397 g/mol. The molecule has 6 heteroatoms. The van der Waals surface area contributed by atoms with Crippen LogP contribution >= 0.6 is 15.9 Å². The number of benzene rings is 2. The van der Waals surface area contributed by atoms with E-state index in [-0.39, 0.29) is 10.9 Å². The fourth-order valence-electron chi connectivity index (χ4n) is 2.32. The van der Waals surface area contributed by atoms with E-state index in [2.05, 4.69) is 20.7 Å². The lowest BCUT2D eigenvalue weighted by atomic mass is 10.0. The molecule has 0 bridgehead atoms. The highest BCUT2D eigenvalue weighted by Crippen LogP contribution is 2.23. The predicted octanol–water partition coefficient (Wildman–Crippen LogP) is 3.34. The topological polar surface area (TPSA) is 49.4 Å². The van der Waals surface area contributed by atoms with Crippen molar-refractivity contribution in [2.75, 3.05) is 20.6 Å². The first-order chi connectivity index (χ1) is 10.8. The minimum atomic E-state index is -3.56. The van der Waals surface area contributed by atoms with Crippen molar-refractivity contribution in [3.8, 4) is 0 Å². The zero-order chi connectivity index (χ0) is 17.0. The summed E-state index contributed by atoms with van der Waals surface area (Å²) < 4.78 is 28.3. The molecule has 2 aromatic rings. The van der Waals surface area contributed by atoms with E-state index in [9.17, 15) is 8.42 Å². The van der Waals surface area contributed by atoms with Gasteiger partial charge in [-0.15, -0.1) is 0 Å². The maximum atomic E-state index is 12.5. The van der Waals surface area contributed by atoms with Crippen molar-refractivity contribution in [3.05, 3.63) is 64.1 Å². The van der Waals surface area contributed by atoms with Gasteiger partial charge in [0.15, 0.2) is 0 Å². The molecular weight excluding hydrogens is 376 g/mol. The van der Waals surface area contributed by atoms with E-state index >= 15 is 0 Å². The fourth-order valence-corrected chi connectivity index (χ4v) is 4.36. The zero-order valence-electron chi connectivity index (χ0n) is 13.5. The van der Waals surface area contributed by atoms with Gasteiger partial charge in [-0.05, 0) is 54.6 Å². The summed E-state index contributed by atoms with van der Waals surface area (Å²) in [5.41, 5.74) is 2.26. The van der Waals surface area contributed by atoms with E-state index in [1.54, 1.807) is 24.3 Å². The molecule has 0 saturated carbocycles. The highest BCUT2D eigenvalue weighted by Gasteiger charge is 2.21. The van der Waals surface area contributed by atoms with E-state index in [1.165, 1.54) is 5.56 Å². The average Bonchev–Trinajstić information content (AvgIpc) is 2.49. The van der Waals surface area contributed by atoms with Crippen molar-refractivity contribution in [3.63, 3.8) is 0 Å². The molecule has 2 rings (SSSR count). The minimum absolute atomic E-state index is 0.0344. The molecule has 0 amide bonds. The molecule has 1 atom stereocenters. The molecule has 0 aliphatic rings. The number of halogens is 1. The van der Waals surface area contributed by atoms with Gasteiger partial charge in [0.1, 0.15) is 0 Å². The number of rotatable bonds is 6. The van der Waals surface area contributed by atoms with Crippen LogP contribution in [0.5, 0.6) is 0 Å². The molecule has 124 valence electrons. The van der Waals surface area contributed by atoms with Gasteiger partial charge in [0.25, 0.3) is 0 Å². The fraction of sp³-hybridized carbons (Fsp3) is 0.294. The van der Waals surface area contributed by atoms with Crippen molar-refractivity contribution >= 4 is 26.0 Å². The standard InChI is InChI=1S/C17H21BrN2O2S/c1-13-8-10-14(11-9-13)16(20(2)3)12-19-23(21,22)17-7-5-4-6-15(17)18/h4-11,16,19H,12H2,1-3H3. The first-order valence-electron chi connectivity index (χ1n) is 7.28. The Bertz CT molecular complexity index is 758. The summed E-state index contributed by atoms with van der Waals surface area (Å²) in [7, 11) is 0.324. The second-order valence-corrected chi connectivity index (χ2v) is 8.26. The summed E-state index contributed by atoms with van der Waals surface area (Å²) in [5, 5.41) is 0. The third-order valence-electron chi connectivity index (χ3n) is 3.68. The van der Waals surface area contributed by atoms with Gasteiger partial charge >= 0.3 is 0 Å². The minimum Gasteiger partial charge on any atom is -0.301 e. The summed E-state index contributed by atoms with van der Waals surface area (Å²) in [4.78, 5) is 2.26. The maximum absolute atomic E-state index is 12.5. The lowest BCUT2D eigenvalue weighted by molar-refractivity contribution is 0.299. The lowest BCUT2D eigenvalue weighted by Crippen LogP contribution is -2.34. The van der Waals surface area contributed by atoms with Crippen LogP contribution in [-0.4, -0.2) is 34.0 Å². The van der Waals surface area contributed by atoms with Gasteiger partial charge in [-0.1, -0.05) is 42.0 Å². The van der Waals surface area contributed by atoms with E-state index in [0.717, 1.165) is 5.56 Å². The Labute approximate surface area is 146 Å². The van der Waals surface area contributed by atoms with Gasteiger partial charge in [-0.25, -0.2) is 13.1 Å². The molecule has 0 fully saturated rings. The second kappa shape index (κ2) is 7.57. The highest BCUT2D eigenvalue weighted by molar-refractivity contribution is 9.10. The van der Waals surface area contributed by atoms with Crippen LogP contribution < -0.4 is 4.72 Å². The number of nitrogens with zero attached hydrogens (tertiary/aromatic N) is 1. The Kier molecular flexibility index (Phi) is 5.97. The number of likely N-dealkylation sites (N-methyl/N-ethyl adjacent to an activating group) is 1. The lowest BCUT2D eigenvalue weighted by Gasteiger charge is -2.25. The molecule has 2 aromatic carbocycles. The number of nitrogens with one attached hydrogen (secondary N) is 1. The van der Waals surface area contributed by atoms with Gasteiger partial charge in [-0.2, -0.15) is 0 Å². The van der Waals surface area contributed by atoms with Crippen LogP contribution in [0.25, 0.3) is 0 Å². The molecule has 1 unspecified atom stereocenters. The van der Waals surface area contributed by atoms with Crippen LogP contribution in [0, 0.1) is 6.92 Å². The Morgan fingerprint density at radius 2 is 1.70 bits per heavy atom. The third kappa shape index (κ3) is 4.64. The second-order valence-electron chi connectivity index (χ2n) is 5.67. The van der Waals surface area contributed by atoms with E-state index < -0.39 is 10.0 Å². The number of hydrogen-bond acceptors (Lipinski definition) is 3. The van der Waals surface area contributed by atoms with Crippen molar-refractivity contribution in [1.82, 2.24) is 9.62 Å². The molecule has 0 heterocycles. The van der Waals surface area contributed by atoms with Gasteiger partial charge < -0.3 is 4.90 Å². The Morgan fingerprint density at radius 1 is 1.09 bits per heavy atom. The van der Waals surface area contributed by atoms with Crippen LogP contribution in [-0.2, 0) is 10.0 Å². The summed E-state index contributed by atoms with van der Waals surface area (Å²) in [5.74, 6) is 0. The highest BCUT2D eigenvalue weighted by atomic mass is 79.9. The van der Waals surface area contributed by atoms with Gasteiger partial charge in [0.05, 0.1) is 4.90 Å². The Hall–Kier alpha value is -1.21. The van der Waals surface area contributed by atoms with Gasteiger partial charge in [0.2, 0.25) is 10.0 Å². The zero-order valence-corrected chi connectivity index (χ0v) is 15.9. The summed E-state index contributed by atoms with van der Waals surface area (Å²) in [6.07, 6.45) is 0. The first-order valence-corrected chi connectivity index (χ1v) is 9.56. The third-order valence-corrected chi connectivity index (χ3v) is 6.11. The van der Waals surface area contributed by atoms with Crippen molar-refractivity contribution in [1.29, 1.82) is 0 Å². The molecular formula is C17H21BrN2O2S. The van der Waals surface area contributed by atoms with Gasteiger partial charge in [0, 0.05) is 17.1 Å². The molecule has 0 aliphatic heterocycles. The molecule has 0 aromatic heterocycles. The normalized spacial score (nSPS) is 13.3. The molecule has 0 spiro atoms. The molecule has 0 aliphatic carbocycles. The largest absolute Gasteiger partial charge is 0.301 e. The van der Waals surface area contributed by atoms with Crippen LogP contribution in [0.3, 0.4) is 0 Å². The van der Waals surface area contributed by atoms with Crippen molar-refractivity contribution in [2.24, 2.45) is 0 Å². The predicted molar refractivity (Wildman–Crippen MR) is 96.9 cm³/mol. The number of hydrogen-bond donors (Lipinski definition) is 1. The van der Waals surface area contributed by atoms with Crippen LogP contribution in [0.15, 0.2) is 57.9 Å². The Morgan fingerprint density at radius 3 is 2.26 bits per heavy atom. The van der Waals surface area contributed by atoms with E-state index in [0.29, 0.717) is 11.0 Å². The van der Waals surface area contributed by atoms with Crippen LogP contribution in [0.4, 0.5) is 0 Å². The summed E-state index contributed by atoms with van der Waals surface area (Å²) in [6, 6.07) is 14.9. The smallest absolute Gasteiger partial charge is 0.241 e. The van der Waals surface area contributed by atoms with Crippen molar-refractivity contribution in [2.45, 2.75) is 17.9 Å². The van der Waals surface area contributed by atoms with Gasteiger partial charge in [-0.3, -0.25) is 0 Å². The number of aryl methyl sites for hydroxylation is 1. The monoisotopic (exact) mass is 396 g/mol. The quantitative estimate of drug-likeness (QED) is 0.814. The molecule has 1 N–H and O–H groups in total. The number of sulfonamides is 1. The van der Waals surface area contributed by atoms with E-state index in [1.807, 2.05) is 50.2 Å². The Balaban J connectivity index is 2.19. The van der Waals surface area contributed by atoms with E-state index in [4.69, 9.17) is 0 Å².